The number of hydrogen-bond acceptors (Lipinski definition) is 2. The van der Waals surface area contributed by atoms with Gasteiger partial charge >= 0.3 is 0 Å². The minimum Gasteiger partial charge on any atom is -0.496 e. The van der Waals surface area contributed by atoms with Crippen molar-refractivity contribution < 1.29 is 13.5 Å². The molecule has 0 unspecified atom stereocenters. The maximum atomic E-state index is 13.6. The summed E-state index contributed by atoms with van der Waals surface area (Å²) in [5, 5.41) is 2.95. The SMILES string of the molecule is COc1ccc(CNc2cc(Br)c(F)cc2F)cc1C. The topological polar surface area (TPSA) is 21.3 Å². The van der Waals surface area contributed by atoms with Crippen LogP contribution >= 0.6 is 15.9 Å². The summed E-state index contributed by atoms with van der Waals surface area (Å²) >= 11 is 3.04. The van der Waals surface area contributed by atoms with E-state index in [0.717, 1.165) is 22.9 Å². The van der Waals surface area contributed by atoms with Gasteiger partial charge in [-0.3, -0.25) is 0 Å². The molecule has 0 aromatic heterocycles. The van der Waals surface area contributed by atoms with Gasteiger partial charge < -0.3 is 10.1 Å². The van der Waals surface area contributed by atoms with Crippen LogP contribution in [0.3, 0.4) is 0 Å². The number of aryl methyl sites for hydroxylation is 1. The largest absolute Gasteiger partial charge is 0.496 e. The number of halogens is 3. The summed E-state index contributed by atoms with van der Waals surface area (Å²) in [4.78, 5) is 0. The molecule has 0 aliphatic rings. The van der Waals surface area contributed by atoms with Gasteiger partial charge in [0.1, 0.15) is 17.4 Å². The first-order valence-electron chi connectivity index (χ1n) is 6.03. The molecule has 0 amide bonds. The van der Waals surface area contributed by atoms with Crippen LogP contribution in [0.5, 0.6) is 5.75 Å². The fraction of sp³-hybridized carbons (Fsp3) is 0.200. The lowest BCUT2D eigenvalue weighted by Gasteiger charge is -2.11. The van der Waals surface area contributed by atoms with E-state index in [9.17, 15) is 8.78 Å². The fourth-order valence-corrected chi connectivity index (χ4v) is 2.25. The second-order valence-electron chi connectivity index (χ2n) is 4.40. The predicted molar refractivity (Wildman–Crippen MR) is 79.1 cm³/mol. The number of benzene rings is 2. The van der Waals surface area contributed by atoms with E-state index in [1.165, 1.54) is 6.07 Å². The van der Waals surface area contributed by atoms with Gasteiger partial charge in [-0.05, 0) is 46.1 Å². The second kappa shape index (κ2) is 6.22. The van der Waals surface area contributed by atoms with Gasteiger partial charge in [-0.15, -0.1) is 0 Å². The number of methoxy groups -OCH3 is 1. The Morgan fingerprint density at radius 3 is 2.55 bits per heavy atom. The van der Waals surface area contributed by atoms with E-state index >= 15 is 0 Å². The van der Waals surface area contributed by atoms with Gasteiger partial charge in [-0.2, -0.15) is 0 Å². The first kappa shape index (κ1) is 14.8. The number of hydrogen-bond donors (Lipinski definition) is 1. The number of nitrogens with one attached hydrogen (secondary N) is 1. The Morgan fingerprint density at radius 1 is 1.15 bits per heavy atom. The normalized spacial score (nSPS) is 10.4. The molecule has 0 radical (unpaired) electrons. The Morgan fingerprint density at radius 2 is 1.90 bits per heavy atom. The zero-order valence-corrected chi connectivity index (χ0v) is 12.7. The van der Waals surface area contributed by atoms with Crippen molar-refractivity contribution in [2.24, 2.45) is 0 Å². The second-order valence-corrected chi connectivity index (χ2v) is 5.26. The molecular formula is C15H14BrF2NO. The van der Waals surface area contributed by atoms with Crippen LogP contribution in [0.1, 0.15) is 11.1 Å². The summed E-state index contributed by atoms with van der Waals surface area (Å²) in [6.07, 6.45) is 0. The molecule has 106 valence electrons. The molecular weight excluding hydrogens is 328 g/mol. The molecule has 0 bridgehead atoms. The molecule has 0 saturated carbocycles. The third kappa shape index (κ3) is 3.28. The van der Waals surface area contributed by atoms with Crippen LogP contribution in [0.2, 0.25) is 0 Å². The van der Waals surface area contributed by atoms with Crippen molar-refractivity contribution in [2.45, 2.75) is 13.5 Å². The van der Waals surface area contributed by atoms with Crippen LogP contribution in [-0.2, 0) is 6.54 Å². The Bertz CT molecular complexity index is 632. The van der Waals surface area contributed by atoms with Crippen molar-refractivity contribution in [3.63, 3.8) is 0 Å². The molecule has 1 N–H and O–H groups in total. The Hall–Kier alpha value is -1.62. The number of ether oxygens (including phenoxy) is 1. The lowest BCUT2D eigenvalue weighted by molar-refractivity contribution is 0.411. The molecule has 0 saturated heterocycles. The van der Waals surface area contributed by atoms with E-state index in [2.05, 4.69) is 21.2 Å². The van der Waals surface area contributed by atoms with Gasteiger partial charge in [0.15, 0.2) is 0 Å². The van der Waals surface area contributed by atoms with E-state index in [1.54, 1.807) is 7.11 Å². The Kier molecular flexibility index (Phi) is 4.60. The lowest BCUT2D eigenvalue weighted by Crippen LogP contribution is -2.02. The van der Waals surface area contributed by atoms with Crippen molar-refractivity contribution in [1.29, 1.82) is 0 Å². The summed E-state index contributed by atoms with van der Waals surface area (Å²) in [6, 6.07) is 7.97. The van der Waals surface area contributed by atoms with Crippen LogP contribution in [-0.4, -0.2) is 7.11 Å². The Labute approximate surface area is 124 Å². The highest BCUT2D eigenvalue weighted by Crippen LogP contribution is 2.25. The van der Waals surface area contributed by atoms with Gasteiger partial charge in [0, 0.05) is 12.6 Å². The van der Waals surface area contributed by atoms with Gasteiger partial charge in [0.25, 0.3) is 0 Å². The first-order chi connectivity index (χ1) is 9.51. The minimum atomic E-state index is -0.617. The predicted octanol–water partition coefficient (Wildman–Crippen LogP) is 4.66. The molecule has 2 aromatic rings. The highest BCUT2D eigenvalue weighted by Gasteiger charge is 2.08. The summed E-state index contributed by atoms with van der Waals surface area (Å²) in [6.45, 7) is 2.39. The molecule has 5 heteroatoms. The smallest absolute Gasteiger partial charge is 0.149 e. The molecule has 0 aliphatic heterocycles. The summed E-state index contributed by atoms with van der Waals surface area (Å²) in [5.74, 6) is -0.422. The standard InChI is InChI=1S/C15H14BrF2NO/c1-9-5-10(3-4-15(9)20-2)8-19-14-6-11(16)12(17)7-13(14)18/h3-7,19H,8H2,1-2H3. The van der Waals surface area contributed by atoms with Crippen LogP contribution in [0.4, 0.5) is 14.5 Å². The molecule has 2 aromatic carbocycles. The summed E-state index contributed by atoms with van der Waals surface area (Å²) < 4.78 is 32.1. The third-order valence-electron chi connectivity index (χ3n) is 2.95. The van der Waals surface area contributed by atoms with E-state index in [4.69, 9.17) is 4.74 Å². The highest BCUT2D eigenvalue weighted by molar-refractivity contribution is 9.10. The fourth-order valence-electron chi connectivity index (χ4n) is 1.91. The zero-order chi connectivity index (χ0) is 14.7. The average Bonchev–Trinajstić information content (AvgIpc) is 2.41. The maximum absolute atomic E-state index is 13.6. The Balaban J connectivity index is 2.13. The lowest BCUT2D eigenvalue weighted by atomic mass is 10.1. The van der Waals surface area contributed by atoms with Crippen molar-refractivity contribution >= 4 is 21.6 Å². The highest BCUT2D eigenvalue weighted by atomic mass is 79.9. The third-order valence-corrected chi connectivity index (χ3v) is 3.56. The van der Waals surface area contributed by atoms with Crippen molar-refractivity contribution in [3.05, 3.63) is 57.6 Å². The molecule has 0 spiro atoms. The van der Waals surface area contributed by atoms with Gasteiger partial charge in [0.2, 0.25) is 0 Å². The number of anilines is 1. The monoisotopic (exact) mass is 341 g/mol. The van der Waals surface area contributed by atoms with Crippen LogP contribution in [0.25, 0.3) is 0 Å². The van der Waals surface area contributed by atoms with Crippen LogP contribution < -0.4 is 10.1 Å². The quantitative estimate of drug-likeness (QED) is 0.817. The van der Waals surface area contributed by atoms with E-state index < -0.39 is 11.6 Å². The zero-order valence-electron chi connectivity index (χ0n) is 11.1. The molecule has 0 heterocycles. The van der Waals surface area contributed by atoms with Gasteiger partial charge in [-0.1, -0.05) is 12.1 Å². The van der Waals surface area contributed by atoms with Crippen LogP contribution in [0.15, 0.2) is 34.8 Å². The summed E-state index contributed by atoms with van der Waals surface area (Å²) in [5.41, 5.74) is 2.25. The molecule has 2 rings (SSSR count). The van der Waals surface area contributed by atoms with Crippen molar-refractivity contribution in [3.8, 4) is 5.75 Å². The minimum absolute atomic E-state index is 0.229. The molecule has 2 nitrogen and oxygen atoms in total. The molecule has 0 atom stereocenters. The maximum Gasteiger partial charge on any atom is 0.149 e. The van der Waals surface area contributed by atoms with Crippen LogP contribution in [0, 0.1) is 18.6 Å². The van der Waals surface area contributed by atoms with Crippen molar-refractivity contribution in [2.75, 3.05) is 12.4 Å². The first-order valence-corrected chi connectivity index (χ1v) is 6.82. The van der Waals surface area contributed by atoms with Gasteiger partial charge in [0.05, 0.1) is 17.3 Å². The van der Waals surface area contributed by atoms with E-state index in [1.807, 2.05) is 25.1 Å². The average molecular weight is 342 g/mol. The molecule has 0 fully saturated rings. The molecule has 0 aliphatic carbocycles. The van der Waals surface area contributed by atoms with Gasteiger partial charge in [-0.25, -0.2) is 8.78 Å². The van der Waals surface area contributed by atoms with E-state index in [-0.39, 0.29) is 10.2 Å². The molecule has 20 heavy (non-hydrogen) atoms. The van der Waals surface area contributed by atoms with Crippen molar-refractivity contribution in [1.82, 2.24) is 0 Å². The summed E-state index contributed by atoms with van der Waals surface area (Å²) in [7, 11) is 1.62. The number of rotatable bonds is 4. The van der Waals surface area contributed by atoms with E-state index in [0.29, 0.717) is 6.54 Å².